The van der Waals surface area contributed by atoms with Crippen molar-refractivity contribution in [2.24, 2.45) is 11.8 Å². The second-order valence-corrected chi connectivity index (χ2v) is 8.50. The second kappa shape index (κ2) is 10.7. The van der Waals surface area contributed by atoms with Crippen LogP contribution in [0.1, 0.15) is 82.9 Å². The highest BCUT2D eigenvalue weighted by Crippen LogP contribution is 2.34. The third-order valence-electron chi connectivity index (χ3n) is 6.41. The molecule has 0 aliphatic heterocycles. The summed E-state index contributed by atoms with van der Waals surface area (Å²) in [6.45, 7) is 4.32. The maximum Gasteiger partial charge on any atom is 0.132 e. The van der Waals surface area contributed by atoms with E-state index in [0.717, 1.165) is 35.9 Å². The van der Waals surface area contributed by atoms with E-state index in [-0.39, 0.29) is 5.82 Å². The summed E-state index contributed by atoms with van der Waals surface area (Å²) in [5.74, 6) is 1.59. The highest BCUT2D eigenvalue weighted by atomic mass is 19.1. The first-order valence-electron chi connectivity index (χ1n) is 11.3. The van der Waals surface area contributed by atoms with Gasteiger partial charge in [0.1, 0.15) is 5.82 Å². The SMILES string of the molecule is CCCCC[C@H]1CC[C@H](CCc2ccc(-c3ccc(CC)nn3)c(F)c2)CC1. The summed E-state index contributed by atoms with van der Waals surface area (Å²) >= 11 is 0. The average Bonchev–Trinajstić information content (AvgIpc) is 2.73. The minimum absolute atomic E-state index is 0.185. The lowest BCUT2D eigenvalue weighted by Crippen LogP contribution is -2.15. The van der Waals surface area contributed by atoms with Gasteiger partial charge < -0.3 is 0 Å². The Labute approximate surface area is 170 Å². The van der Waals surface area contributed by atoms with Crippen molar-refractivity contribution in [3.8, 4) is 11.3 Å². The van der Waals surface area contributed by atoms with Crippen molar-refractivity contribution < 1.29 is 4.39 Å². The first-order chi connectivity index (χ1) is 13.7. The molecule has 1 aliphatic carbocycles. The van der Waals surface area contributed by atoms with Gasteiger partial charge in [0.2, 0.25) is 0 Å². The number of unbranched alkanes of at least 4 members (excludes halogenated alkanes) is 2. The molecular weight excluding hydrogens is 347 g/mol. The summed E-state index contributed by atoms with van der Waals surface area (Å²) in [7, 11) is 0. The molecule has 1 aromatic heterocycles. The predicted molar refractivity (Wildman–Crippen MR) is 115 cm³/mol. The van der Waals surface area contributed by atoms with Gasteiger partial charge in [-0.2, -0.15) is 10.2 Å². The Balaban J connectivity index is 1.48. The van der Waals surface area contributed by atoms with E-state index in [2.05, 4.69) is 23.2 Å². The number of halogens is 1. The molecule has 28 heavy (non-hydrogen) atoms. The molecule has 3 rings (SSSR count). The second-order valence-electron chi connectivity index (χ2n) is 8.50. The first kappa shape index (κ1) is 21.0. The largest absolute Gasteiger partial charge is 0.206 e. The predicted octanol–water partition coefficient (Wildman–Crippen LogP) is 7.16. The van der Waals surface area contributed by atoms with Crippen LogP contribution in [0, 0.1) is 17.7 Å². The van der Waals surface area contributed by atoms with E-state index >= 15 is 0 Å². The van der Waals surface area contributed by atoms with Crippen molar-refractivity contribution in [1.82, 2.24) is 10.2 Å². The molecule has 1 saturated carbocycles. The van der Waals surface area contributed by atoms with E-state index in [1.807, 2.05) is 25.1 Å². The van der Waals surface area contributed by atoms with Crippen LogP contribution in [0.15, 0.2) is 30.3 Å². The molecule has 2 nitrogen and oxygen atoms in total. The van der Waals surface area contributed by atoms with Crippen molar-refractivity contribution in [2.75, 3.05) is 0 Å². The van der Waals surface area contributed by atoms with Crippen LogP contribution >= 0.6 is 0 Å². The Morgan fingerprint density at radius 3 is 2.25 bits per heavy atom. The fraction of sp³-hybridized carbons (Fsp3) is 0.600. The van der Waals surface area contributed by atoms with E-state index in [4.69, 9.17) is 0 Å². The Morgan fingerprint density at radius 2 is 1.64 bits per heavy atom. The van der Waals surface area contributed by atoms with Crippen molar-refractivity contribution in [3.05, 3.63) is 47.4 Å². The van der Waals surface area contributed by atoms with Gasteiger partial charge in [0.05, 0.1) is 11.4 Å². The number of nitrogens with zero attached hydrogens (tertiary/aromatic N) is 2. The summed E-state index contributed by atoms with van der Waals surface area (Å²) < 4.78 is 14.6. The number of rotatable bonds is 9. The summed E-state index contributed by atoms with van der Waals surface area (Å²) in [5, 5.41) is 8.32. The van der Waals surface area contributed by atoms with Crippen LogP contribution in [-0.4, -0.2) is 10.2 Å². The molecule has 2 aromatic rings. The maximum absolute atomic E-state index is 14.6. The lowest BCUT2D eigenvalue weighted by atomic mass is 9.78. The van der Waals surface area contributed by atoms with Crippen LogP contribution in [0.25, 0.3) is 11.3 Å². The standard InChI is InChI=1S/C25H35FN2/c1-3-5-6-7-19-8-10-20(11-9-19)12-13-21-14-16-23(24(26)18-21)25-17-15-22(4-2)27-28-25/h14-20H,3-13H2,1-2H3/t19-,20-. The Hall–Kier alpha value is -1.77. The fourth-order valence-corrected chi connectivity index (χ4v) is 4.48. The van der Waals surface area contributed by atoms with Gasteiger partial charge >= 0.3 is 0 Å². The Morgan fingerprint density at radius 1 is 0.893 bits per heavy atom. The van der Waals surface area contributed by atoms with Gasteiger partial charge in [-0.05, 0) is 60.9 Å². The van der Waals surface area contributed by atoms with Gasteiger partial charge in [0.15, 0.2) is 0 Å². The van der Waals surface area contributed by atoms with E-state index < -0.39 is 0 Å². The molecule has 0 N–H and O–H groups in total. The summed E-state index contributed by atoms with van der Waals surface area (Å²) in [5.41, 5.74) is 3.19. The maximum atomic E-state index is 14.6. The Kier molecular flexibility index (Phi) is 8.00. The van der Waals surface area contributed by atoms with Crippen LogP contribution in [0.5, 0.6) is 0 Å². The highest BCUT2D eigenvalue weighted by Gasteiger charge is 2.20. The van der Waals surface area contributed by atoms with Crippen LogP contribution in [0.3, 0.4) is 0 Å². The van der Waals surface area contributed by atoms with Gasteiger partial charge in [0.25, 0.3) is 0 Å². The van der Waals surface area contributed by atoms with Crippen molar-refractivity contribution in [2.45, 2.75) is 84.5 Å². The number of aryl methyl sites for hydroxylation is 2. The summed E-state index contributed by atoms with van der Waals surface area (Å²) in [6.07, 6.45) is 14.1. The van der Waals surface area contributed by atoms with Crippen molar-refractivity contribution in [3.63, 3.8) is 0 Å². The van der Waals surface area contributed by atoms with Crippen LogP contribution < -0.4 is 0 Å². The summed E-state index contributed by atoms with van der Waals surface area (Å²) in [6, 6.07) is 9.41. The average molecular weight is 383 g/mol. The zero-order chi connectivity index (χ0) is 19.8. The molecule has 1 aromatic carbocycles. The van der Waals surface area contributed by atoms with Crippen LogP contribution in [0.2, 0.25) is 0 Å². The lowest BCUT2D eigenvalue weighted by molar-refractivity contribution is 0.249. The molecule has 1 heterocycles. The molecule has 3 heteroatoms. The van der Waals surface area contributed by atoms with E-state index in [0.29, 0.717) is 11.3 Å². The zero-order valence-electron chi connectivity index (χ0n) is 17.6. The molecule has 152 valence electrons. The topological polar surface area (TPSA) is 25.8 Å². The molecule has 0 unspecified atom stereocenters. The Bertz CT molecular complexity index is 718. The number of hydrogen-bond acceptors (Lipinski definition) is 2. The van der Waals surface area contributed by atoms with Crippen molar-refractivity contribution >= 4 is 0 Å². The fourth-order valence-electron chi connectivity index (χ4n) is 4.48. The number of hydrogen-bond donors (Lipinski definition) is 0. The van der Waals surface area contributed by atoms with Crippen molar-refractivity contribution in [1.29, 1.82) is 0 Å². The first-order valence-corrected chi connectivity index (χ1v) is 11.3. The molecular formula is C25H35FN2. The highest BCUT2D eigenvalue weighted by molar-refractivity contribution is 5.59. The van der Waals surface area contributed by atoms with Gasteiger partial charge in [-0.3, -0.25) is 0 Å². The molecule has 0 radical (unpaired) electrons. The molecule has 0 bridgehead atoms. The van der Waals surface area contributed by atoms with E-state index in [1.165, 1.54) is 57.8 Å². The monoisotopic (exact) mass is 382 g/mol. The lowest BCUT2D eigenvalue weighted by Gasteiger charge is -2.28. The van der Waals surface area contributed by atoms with Crippen LogP contribution in [-0.2, 0) is 12.8 Å². The van der Waals surface area contributed by atoms with Gasteiger partial charge in [-0.25, -0.2) is 4.39 Å². The zero-order valence-corrected chi connectivity index (χ0v) is 17.6. The van der Waals surface area contributed by atoms with E-state index in [9.17, 15) is 4.39 Å². The molecule has 0 atom stereocenters. The number of benzene rings is 1. The van der Waals surface area contributed by atoms with Gasteiger partial charge in [-0.1, -0.05) is 71.3 Å². The molecule has 1 fully saturated rings. The molecule has 0 spiro atoms. The molecule has 1 aliphatic rings. The van der Waals surface area contributed by atoms with Gasteiger partial charge in [0, 0.05) is 5.56 Å². The third-order valence-corrected chi connectivity index (χ3v) is 6.41. The summed E-state index contributed by atoms with van der Waals surface area (Å²) in [4.78, 5) is 0. The van der Waals surface area contributed by atoms with Gasteiger partial charge in [-0.15, -0.1) is 0 Å². The molecule has 0 saturated heterocycles. The minimum Gasteiger partial charge on any atom is -0.206 e. The smallest absolute Gasteiger partial charge is 0.132 e. The third kappa shape index (κ3) is 5.86. The number of aromatic nitrogens is 2. The van der Waals surface area contributed by atoms with E-state index in [1.54, 1.807) is 6.07 Å². The normalized spacial score (nSPS) is 19.7. The van der Waals surface area contributed by atoms with Crippen LogP contribution in [0.4, 0.5) is 4.39 Å². The minimum atomic E-state index is -0.185. The molecule has 0 amide bonds. The quantitative estimate of drug-likeness (QED) is 0.430.